The predicted octanol–water partition coefficient (Wildman–Crippen LogP) is 2.65. The Hall–Kier alpha value is -1.00. The normalized spacial score (nSPS) is 21.9. The molecule has 4 heteroatoms. The minimum atomic E-state index is -0.233. The molecule has 1 aromatic carbocycles. The van der Waals surface area contributed by atoms with Gasteiger partial charge < -0.3 is 10.6 Å². The number of nitrogens with zero attached hydrogens (tertiary/aromatic N) is 1. The highest BCUT2D eigenvalue weighted by atomic mass is 32.2. The zero-order valence-electron chi connectivity index (χ0n) is 12.2. The molecule has 3 nitrogen and oxygen atoms in total. The van der Waals surface area contributed by atoms with Crippen LogP contribution in [0.2, 0.25) is 0 Å². The number of benzene rings is 1. The van der Waals surface area contributed by atoms with Gasteiger partial charge in [0, 0.05) is 13.1 Å². The Kier molecular flexibility index (Phi) is 5.49. The second kappa shape index (κ2) is 7.14. The van der Waals surface area contributed by atoms with E-state index in [1.54, 1.807) is 11.8 Å². The molecule has 2 N–H and O–H groups in total. The van der Waals surface area contributed by atoms with Crippen molar-refractivity contribution < 1.29 is 4.79 Å². The number of rotatable bonds is 6. The molecule has 1 saturated heterocycles. The number of carbonyl (C=O) groups excluding carboxylic acids is 1. The van der Waals surface area contributed by atoms with Gasteiger partial charge in [-0.05, 0) is 44.0 Å². The van der Waals surface area contributed by atoms with Crippen LogP contribution in [-0.4, -0.2) is 34.4 Å². The fourth-order valence-corrected chi connectivity index (χ4v) is 3.90. The van der Waals surface area contributed by atoms with Crippen LogP contribution in [0.1, 0.15) is 31.7 Å². The third-order valence-corrected chi connectivity index (χ3v) is 5.32. The van der Waals surface area contributed by atoms with Crippen molar-refractivity contribution in [1.82, 2.24) is 4.90 Å². The van der Waals surface area contributed by atoms with Crippen LogP contribution in [0.15, 0.2) is 30.3 Å². The average Bonchev–Trinajstić information content (AvgIpc) is 2.92. The van der Waals surface area contributed by atoms with Gasteiger partial charge in [-0.25, -0.2) is 0 Å². The molecule has 1 amide bonds. The van der Waals surface area contributed by atoms with Gasteiger partial charge in [0.25, 0.3) is 0 Å². The third-order valence-electron chi connectivity index (χ3n) is 3.81. The van der Waals surface area contributed by atoms with E-state index >= 15 is 0 Å². The van der Waals surface area contributed by atoms with Crippen molar-refractivity contribution in [2.75, 3.05) is 18.8 Å². The quantitative estimate of drug-likeness (QED) is 0.877. The first-order valence-corrected chi connectivity index (χ1v) is 8.31. The summed E-state index contributed by atoms with van der Waals surface area (Å²) in [5.74, 6) is 1.37. The molecule has 0 aromatic heterocycles. The molecule has 1 fully saturated rings. The molecule has 1 heterocycles. The van der Waals surface area contributed by atoms with Gasteiger partial charge in [-0.15, -0.1) is 11.8 Å². The van der Waals surface area contributed by atoms with Crippen LogP contribution in [-0.2, 0) is 11.3 Å². The van der Waals surface area contributed by atoms with Gasteiger partial charge in [0.2, 0.25) is 5.91 Å². The van der Waals surface area contributed by atoms with E-state index in [1.807, 2.05) is 23.1 Å². The van der Waals surface area contributed by atoms with E-state index in [0.717, 1.165) is 31.6 Å². The number of amides is 1. The lowest BCUT2D eigenvalue weighted by Gasteiger charge is -2.31. The topological polar surface area (TPSA) is 46.3 Å². The van der Waals surface area contributed by atoms with Crippen LogP contribution < -0.4 is 5.73 Å². The first-order chi connectivity index (χ1) is 9.65. The van der Waals surface area contributed by atoms with E-state index in [4.69, 9.17) is 5.73 Å². The number of nitrogens with two attached hydrogens (primary N) is 1. The van der Waals surface area contributed by atoms with Crippen molar-refractivity contribution in [3.05, 3.63) is 35.9 Å². The van der Waals surface area contributed by atoms with Gasteiger partial charge in [0.1, 0.15) is 0 Å². The fourth-order valence-electron chi connectivity index (χ4n) is 2.62. The SMILES string of the molecule is CC1(C(=O)N(CCCN)Cc2ccccc2)CCCS1. The van der Waals surface area contributed by atoms with Crippen LogP contribution in [0.3, 0.4) is 0 Å². The molecule has 0 saturated carbocycles. The molecular formula is C16H24N2OS. The molecule has 20 heavy (non-hydrogen) atoms. The lowest BCUT2D eigenvalue weighted by molar-refractivity contribution is -0.134. The fraction of sp³-hybridized carbons (Fsp3) is 0.562. The van der Waals surface area contributed by atoms with Crippen molar-refractivity contribution in [3.8, 4) is 0 Å². The van der Waals surface area contributed by atoms with Crippen LogP contribution in [0, 0.1) is 0 Å². The Morgan fingerprint density at radius 1 is 1.40 bits per heavy atom. The minimum absolute atomic E-state index is 0.233. The number of hydrogen-bond acceptors (Lipinski definition) is 3. The Morgan fingerprint density at radius 3 is 2.75 bits per heavy atom. The van der Waals surface area contributed by atoms with E-state index in [9.17, 15) is 4.79 Å². The molecular weight excluding hydrogens is 268 g/mol. The average molecular weight is 292 g/mol. The van der Waals surface area contributed by atoms with Crippen molar-refractivity contribution in [2.45, 2.75) is 37.5 Å². The summed E-state index contributed by atoms with van der Waals surface area (Å²) in [6, 6.07) is 10.2. The van der Waals surface area contributed by atoms with Gasteiger partial charge >= 0.3 is 0 Å². The van der Waals surface area contributed by atoms with Crippen LogP contribution in [0.25, 0.3) is 0 Å². The lowest BCUT2D eigenvalue weighted by atomic mass is 10.0. The minimum Gasteiger partial charge on any atom is -0.337 e. The highest BCUT2D eigenvalue weighted by molar-refractivity contribution is 8.01. The Bertz CT molecular complexity index is 429. The highest BCUT2D eigenvalue weighted by Gasteiger charge is 2.39. The molecule has 0 bridgehead atoms. The molecule has 1 aliphatic rings. The van der Waals surface area contributed by atoms with Gasteiger partial charge in [0.05, 0.1) is 4.75 Å². The van der Waals surface area contributed by atoms with Gasteiger partial charge in [0.15, 0.2) is 0 Å². The molecule has 1 unspecified atom stereocenters. The van der Waals surface area contributed by atoms with Crippen molar-refractivity contribution in [1.29, 1.82) is 0 Å². The molecule has 0 radical (unpaired) electrons. The zero-order chi connectivity index (χ0) is 14.4. The van der Waals surface area contributed by atoms with Gasteiger partial charge in [-0.3, -0.25) is 4.79 Å². The number of hydrogen-bond donors (Lipinski definition) is 1. The van der Waals surface area contributed by atoms with Crippen LogP contribution in [0.4, 0.5) is 0 Å². The van der Waals surface area contributed by atoms with Gasteiger partial charge in [-0.1, -0.05) is 30.3 Å². The summed E-state index contributed by atoms with van der Waals surface area (Å²) in [7, 11) is 0. The Labute approximate surface area is 125 Å². The zero-order valence-corrected chi connectivity index (χ0v) is 13.0. The lowest BCUT2D eigenvalue weighted by Crippen LogP contribution is -2.44. The van der Waals surface area contributed by atoms with E-state index in [2.05, 4.69) is 19.1 Å². The van der Waals surface area contributed by atoms with Crippen molar-refractivity contribution >= 4 is 17.7 Å². The number of thioether (sulfide) groups is 1. The molecule has 1 aliphatic heterocycles. The summed E-state index contributed by atoms with van der Waals surface area (Å²) in [6.07, 6.45) is 2.99. The smallest absolute Gasteiger partial charge is 0.238 e. The van der Waals surface area contributed by atoms with E-state index in [0.29, 0.717) is 13.1 Å². The highest BCUT2D eigenvalue weighted by Crippen LogP contribution is 2.39. The van der Waals surface area contributed by atoms with Crippen molar-refractivity contribution in [3.63, 3.8) is 0 Å². The first-order valence-electron chi connectivity index (χ1n) is 7.33. The Balaban J connectivity index is 2.08. The van der Waals surface area contributed by atoms with Crippen LogP contribution in [0.5, 0.6) is 0 Å². The Morgan fingerprint density at radius 2 is 2.15 bits per heavy atom. The third kappa shape index (κ3) is 3.76. The molecule has 0 aliphatic carbocycles. The maximum atomic E-state index is 12.8. The molecule has 110 valence electrons. The maximum Gasteiger partial charge on any atom is 0.238 e. The van der Waals surface area contributed by atoms with E-state index < -0.39 is 0 Å². The maximum absolute atomic E-state index is 12.8. The second-order valence-electron chi connectivity index (χ2n) is 5.54. The summed E-state index contributed by atoms with van der Waals surface area (Å²) in [6.45, 7) is 4.16. The summed E-state index contributed by atoms with van der Waals surface area (Å²) in [5.41, 5.74) is 6.80. The molecule has 1 aromatic rings. The summed E-state index contributed by atoms with van der Waals surface area (Å²) < 4.78 is -0.233. The van der Waals surface area contributed by atoms with E-state index in [-0.39, 0.29) is 10.7 Å². The largest absolute Gasteiger partial charge is 0.337 e. The summed E-state index contributed by atoms with van der Waals surface area (Å²) in [4.78, 5) is 14.8. The van der Waals surface area contributed by atoms with Crippen LogP contribution >= 0.6 is 11.8 Å². The summed E-state index contributed by atoms with van der Waals surface area (Å²) >= 11 is 1.80. The number of carbonyl (C=O) groups is 1. The van der Waals surface area contributed by atoms with E-state index in [1.165, 1.54) is 5.56 Å². The molecule has 1 atom stereocenters. The molecule has 0 spiro atoms. The molecule has 2 rings (SSSR count). The van der Waals surface area contributed by atoms with Gasteiger partial charge in [-0.2, -0.15) is 0 Å². The first kappa shape index (κ1) is 15.4. The van der Waals surface area contributed by atoms with Crippen molar-refractivity contribution in [2.24, 2.45) is 5.73 Å². The standard InChI is InChI=1S/C16H24N2OS/c1-16(9-5-12-20-16)15(19)18(11-6-10-17)13-14-7-3-2-4-8-14/h2-4,7-8H,5-6,9-13,17H2,1H3. The second-order valence-corrected chi connectivity index (χ2v) is 7.14. The monoisotopic (exact) mass is 292 g/mol. The summed E-state index contributed by atoms with van der Waals surface area (Å²) in [5, 5.41) is 0. The predicted molar refractivity (Wildman–Crippen MR) is 85.6 cm³/mol.